The van der Waals surface area contributed by atoms with Crippen LogP contribution in [0.15, 0.2) is 18.2 Å². The van der Waals surface area contributed by atoms with Crippen molar-refractivity contribution in [3.63, 3.8) is 0 Å². The quantitative estimate of drug-likeness (QED) is 0.749. The molecule has 0 unspecified atom stereocenters. The van der Waals surface area contributed by atoms with Crippen molar-refractivity contribution in [1.29, 1.82) is 0 Å². The van der Waals surface area contributed by atoms with Gasteiger partial charge in [-0.15, -0.1) is 5.23 Å². The smallest absolute Gasteiger partial charge is 0.317 e. The summed E-state index contributed by atoms with van der Waals surface area (Å²) in [6.45, 7) is 1.65. The number of rotatable bonds is 3. The molecule has 112 valence electrons. The van der Waals surface area contributed by atoms with E-state index in [9.17, 15) is 13.2 Å². The molecule has 1 aromatic carbocycles. The lowest BCUT2D eigenvalue weighted by Gasteiger charge is -2.24. The lowest BCUT2D eigenvalue weighted by molar-refractivity contribution is -0.138. The van der Waals surface area contributed by atoms with Crippen molar-refractivity contribution in [2.24, 2.45) is 5.92 Å². The number of halogens is 3. The molecule has 3 N–H and O–H groups in total. The Morgan fingerprint density at radius 1 is 1.20 bits per heavy atom. The third kappa shape index (κ3) is 3.62. The zero-order valence-corrected chi connectivity index (χ0v) is 10.8. The van der Waals surface area contributed by atoms with Gasteiger partial charge in [0, 0.05) is 0 Å². The van der Waals surface area contributed by atoms with Crippen LogP contribution < -0.4 is 10.5 Å². The first-order chi connectivity index (χ1) is 9.38. The number of alkyl halides is 3. The van der Waals surface area contributed by atoms with Crippen LogP contribution in [0.1, 0.15) is 24.0 Å². The van der Waals surface area contributed by atoms with Crippen molar-refractivity contribution in [3.05, 3.63) is 29.3 Å². The van der Waals surface area contributed by atoms with Gasteiger partial charge in [0.05, 0.1) is 11.3 Å². The summed E-state index contributed by atoms with van der Waals surface area (Å²) >= 11 is 0. The zero-order valence-electron chi connectivity index (χ0n) is 10.8. The average Bonchev–Trinajstić information content (AvgIpc) is 2.39. The van der Waals surface area contributed by atoms with E-state index in [4.69, 9.17) is 10.4 Å². The number of piperidine rings is 1. The van der Waals surface area contributed by atoms with Crippen LogP contribution in [0.25, 0.3) is 0 Å². The summed E-state index contributed by atoms with van der Waals surface area (Å²) in [4.78, 5) is 0. The molecule has 0 radical (unpaired) electrons. The second-order valence-corrected chi connectivity index (χ2v) is 5.03. The zero-order chi connectivity index (χ0) is 14.8. The molecule has 20 heavy (non-hydrogen) atoms. The summed E-state index contributed by atoms with van der Waals surface area (Å²) < 4.78 is 39.2. The van der Waals surface area contributed by atoms with Crippen LogP contribution in [-0.4, -0.2) is 23.5 Å². The fourth-order valence-corrected chi connectivity index (χ4v) is 2.53. The van der Waals surface area contributed by atoms with Crippen LogP contribution in [-0.2, 0) is 12.6 Å². The molecule has 0 bridgehead atoms. The first-order valence-electron chi connectivity index (χ1n) is 6.46. The normalized spacial score (nSPS) is 17.2. The topological polar surface area (TPSA) is 55.7 Å². The van der Waals surface area contributed by atoms with Gasteiger partial charge < -0.3 is 5.32 Å². The molecule has 1 saturated heterocycles. The molecule has 1 heterocycles. The van der Waals surface area contributed by atoms with Gasteiger partial charge in [0.2, 0.25) is 0 Å². The highest BCUT2D eigenvalue weighted by molar-refractivity contribution is 5.48. The fraction of sp³-hybridized carbons (Fsp3) is 0.538. The summed E-state index contributed by atoms with van der Waals surface area (Å²) in [5, 5.41) is 20.6. The Morgan fingerprint density at radius 3 is 2.40 bits per heavy atom. The number of hydrogen-bond donors (Lipinski definition) is 3. The first-order valence-corrected chi connectivity index (χ1v) is 6.46. The van der Waals surface area contributed by atoms with Gasteiger partial charge in [-0.1, -0.05) is 6.07 Å². The third-order valence-electron chi connectivity index (χ3n) is 3.60. The second-order valence-electron chi connectivity index (χ2n) is 5.03. The summed E-state index contributed by atoms with van der Waals surface area (Å²) in [6, 6.07) is 3.35. The van der Waals surface area contributed by atoms with E-state index in [1.165, 1.54) is 12.1 Å². The molecule has 4 nitrogen and oxygen atoms in total. The molecule has 0 spiro atoms. The van der Waals surface area contributed by atoms with Gasteiger partial charge in [0.15, 0.2) is 0 Å². The lowest BCUT2D eigenvalue weighted by atomic mass is 9.89. The molecule has 1 aliphatic heterocycles. The van der Waals surface area contributed by atoms with E-state index in [2.05, 4.69) is 5.32 Å². The van der Waals surface area contributed by atoms with Gasteiger partial charge >= 0.3 is 6.18 Å². The molecular weight excluding hydrogens is 273 g/mol. The Bertz CT molecular complexity index is 457. The van der Waals surface area contributed by atoms with Crippen LogP contribution in [0, 0.1) is 5.92 Å². The highest BCUT2D eigenvalue weighted by Gasteiger charge is 2.34. The maximum Gasteiger partial charge on any atom is 0.416 e. The van der Waals surface area contributed by atoms with Crippen molar-refractivity contribution in [2.75, 3.05) is 18.3 Å². The molecular formula is C13H17F3N2O2. The molecule has 0 saturated carbocycles. The Labute approximate surface area is 114 Å². The molecule has 0 aromatic heterocycles. The number of nitrogens with one attached hydrogen (secondary N) is 1. The van der Waals surface area contributed by atoms with Crippen LogP contribution in [0.5, 0.6) is 0 Å². The molecule has 1 aliphatic rings. The Morgan fingerprint density at radius 2 is 1.85 bits per heavy atom. The van der Waals surface area contributed by atoms with Crippen molar-refractivity contribution >= 4 is 5.69 Å². The van der Waals surface area contributed by atoms with Gasteiger partial charge in [-0.25, -0.2) is 0 Å². The number of hydrogen-bond acceptors (Lipinski definition) is 4. The molecule has 0 amide bonds. The molecule has 0 atom stereocenters. The highest BCUT2D eigenvalue weighted by atomic mass is 19.4. The predicted molar refractivity (Wildman–Crippen MR) is 66.8 cm³/mol. The van der Waals surface area contributed by atoms with Crippen molar-refractivity contribution in [3.8, 4) is 0 Å². The molecule has 2 rings (SSSR count). The summed E-state index contributed by atoms with van der Waals surface area (Å²) in [5.74, 6) is 0.225. The van der Waals surface area contributed by atoms with E-state index in [0.717, 1.165) is 32.0 Å². The predicted octanol–water partition coefficient (Wildman–Crippen LogP) is 2.83. The van der Waals surface area contributed by atoms with Crippen LogP contribution in [0.3, 0.4) is 0 Å². The minimum Gasteiger partial charge on any atom is -0.317 e. The number of nitrogens with zero attached hydrogens (tertiary/aromatic N) is 1. The Kier molecular flexibility index (Phi) is 4.52. The summed E-state index contributed by atoms with van der Waals surface area (Å²) in [7, 11) is 0. The summed E-state index contributed by atoms with van der Waals surface area (Å²) in [6.07, 6.45) is -2.45. The van der Waals surface area contributed by atoms with Crippen LogP contribution >= 0.6 is 0 Å². The lowest BCUT2D eigenvalue weighted by Crippen LogP contribution is -2.29. The first kappa shape index (κ1) is 15.1. The standard InChI is InChI=1S/C13H17F3N2O2/c14-13(15,16)12-8-11(18(19)20)2-1-10(12)7-9-3-5-17-6-4-9/h1-2,8-9,17,19-20H,3-7H2. The van der Waals surface area contributed by atoms with E-state index in [1.54, 1.807) is 0 Å². The molecule has 1 fully saturated rings. The second kappa shape index (κ2) is 5.99. The maximum absolute atomic E-state index is 13.1. The highest BCUT2D eigenvalue weighted by Crippen LogP contribution is 2.36. The van der Waals surface area contributed by atoms with Gasteiger partial charge in [-0.05, 0) is 56.0 Å². The summed E-state index contributed by atoms with van der Waals surface area (Å²) in [5.41, 5.74) is -0.900. The largest absolute Gasteiger partial charge is 0.416 e. The van der Waals surface area contributed by atoms with E-state index < -0.39 is 11.7 Å². The van der Waals surface area contributed by atoms with Crippen molar-refractivity contribution in [1.82, 2.24) is 5.32 Å². The molecule has 1 aromatic rings. The van der Waals surface area contributed by atoms with Crippen LogP contribution in [0.4, 0.5) is 18.9 Å². The molecule has 0 aliphatic carbocycles. The van der Waals surface area contributed by atoms with Gasteiger partial charge in [0.25, 0.3) is 0 Å². The third-order valence-corrected chi connectivity index (χ3v) is 3.60. The van der Waals surface area contributed by atoms with Crippen molar-refractivity contribution < 1.29 is 23.6 Å². The average molecular weight is 290 g/mol. The molecule has 7 heteroatoms. The number of benzene rings is 1. The van der Waals surface area contributed by atoms with Crippen molar-refractivity contribution in [2.45, 2.75) is 25.4 Å². The minimum absolute atomic E-state index is 0.204. The van der Waals surface area contributed by atoms with Gasteiger partial charge in [0.1, 0.15) is 0 Å². The van der Waals surface area contributed by atoms with Crippen LogP contribution in [0.2, 0.25) is 0 Å². The van der Waals surface area contributed by atoms with Gasteiger partial charge in [-0.3, -0.25) is 10.4 Å². The minimum atomic E-state index is -4.51. The fourth-order valence-electron chi connectivity index (χ4n) is 2.53. The Hall–Kier alpha value is -1.31. The SMILES string of the molecule is ON(O)c1ccc(CC2CCNCC2)c(C(F)(F)F)c1. The van der Waals surface area contributed by atoms with E-state index in [-0.39, 0.29) is 22.4 Å². The monoisotopic (exact) mass is 290 g/mol. The van der Waals surface area contributed by atoms with E-state index in [0.29, 0.717) is 6.42 Å². The van der Waals surface area contributed by atoms with E-state index >= 15 is 0 Å². The number of anilines is 1. The Balaban J connectivity index is 2.26. The van der Waals surface area contributed by atoms with Gasteiger partial charge in [-0.2, -0.15) is 13.2 Å². The van der Waals surface area contributed by atoms with E-state index in [1.807, 2.05) is 0 Å². The maximum atomic E-state index is 13.1.